The highest BCUT2D eigenvalue weighted by Crippen LogP contribution is 2.25. The summed E-state index contributed by atoms with van der Waals surface area (Å²) in [7, 11) is 0. The van der Waals surface area contributed by atoms with Gasteiger partial charge >= 0.3 is 0 Å². The summed E-state index contributed by atoms with van der Waals surface area (Å²) >= 11 is 0. The van der Waals surface area contributed by atoms with Gasteiger partial charge in [-0.25, -0.2) is 4.68 Å². The van der Waals surface area contributed by atoms with Crippen LogP contribution in [0.3, 0.4) is 0 Å². The predicted molar refractivity (Wildman–Crippen MR) is 89.5 cm³/mol. The van der Waals surface area contributed by atoms with Crippen LogP contribution in [-0.4, -0.2) is 59.8 Å². The lowest BCUT2D eigenvalue weighted by atomic mass is 10.0. The fourth-order valence-corrected chi connectivity index (χ4v) is 3.14. The zero-order valence-corrected chi connectivity index (χ0v) is 13.5. The van der Waals surface area contributed by atoms with Crippen molar-refractivity contribution in [1.82, 2.24) is 30.1 Å². The van der Waals surface area contributed by atoms with Crippen LogP contribution >= 0.6 is 0 Å². The number of aromatic amines is 1. The van der Waals surface area contributed by atoms with Gasteiger partial charge in [0.25, 0.3) is 5.91 Å². The summed E-state index contributed by atoms with van der Waals surface area (Å²) in [5.74, 6) is -0.163. The number of hydrogen-bond donors (Lipinski definition) is 2. The lowest BCUT2D eigenvalue weighted by Crippen LogP contribution is -2.39. The van der Waals surface area contributed by atoms with Gasteiger partial charge in [-0.3, -0.25) is 9.89 Å². The Labute approximate surface area is 144 Å². The van der Waals surface area contributed by atoms with Crippen molar-refractivity contribution in [3.8, 4) is 11.3 Å². The van der Waals surface area contributed by atoms with Gasteiger partial charge in [-0.05, 0) is 12.5 Å². The van der Waals surface area contributed by atoms with Crippen molar-refractivity contribution in [3.63, 3.8) is 0 Å². The maximum Gasteiger partial charge on any atom is 0.271 e. The fraction of sp³-hybridized carbons (Fsp3) is 0.294. The van der Waals surface area contributed by atoms with E-state index in [1.807, 2.05) is 30.3 Å². The summed E-state index contributed by atoms with van der Waals surface area (Å²) in [6, 6.07) is 11.4. The van der Waals surface area contributed by atoms with E-state index in [2.05, 4.69) is 20.5 Å². The number of nitrogens with zero attached hydrogens (tertiary/aromatic N) is 5. The van der Waals surface area contributed by atoms with Gasteiger partial charge in [0.15, 0.2) is 0 Å². The normalized spacial score (nSPS) is 20.1. The molecule has 1 aromatic carbocycles. The average Bonchev–Trinajstić information content (AvgIpc) is 3.36. The molecule has 1 saturated heterocycles. The van der Waals surface area contributed by atoms with Crippen molar-refractivity contribution in [2.24, 2.45) is 0 Å². The molecule has 128 valence electrons. The average molecular weight is 338 g/mol. The molecule has 3 aromatic rings. The number of likely N-dealkylation sites (tertiary alicyclic amines) is 1. The van der Waals surface area contributed by atoms with Gasteiger partial charge < -0.3 is 10.0 Å². The number of nitrogens with one attached hydrogen (secondary N) is 1. The van der Waals surface area contributed by atoms with E-state index in [-0.39, 0.29) is 12.5 Å². The third-order valence-corrected chi connectivity index (χ3v) is 4.43. The van der Waals surface area contributed by atoms with Crippen LogP contribution in [0, 0.1) is 0 Å². The summed E-state index contributed by atoms with van der Waals surface area (Å²) in [5, 5.41) is 25.3. The largest absolute Gasteiger partial charge is 0.386 e. The number of benzene rings is 1. The highest BCUT2D eigenvalue weighted by atomic mass is 16.3. The molecule has 3 heterocycles. The van der Waals surface area contributed by atoms with Crippen molar-refractivity contribution >= 4 is 5.91 Å². The molecule has 2 aromatic heterocycles. The second kappa shape index (κ2) is 6.14. The van der Waals surface area contributed by atoms with Crippen LogP contribution in [0.1, 0.15) is 16.9 Å². The quantitative estimate of drug-likeness (QED) is 0.738. The molecule has 0 aliphatic carbocycles. The third-order valence-electron chi connectivity index (χ3n) is 4.43. The Morgan fingerprint density at radius 2 is 2.16 bits per heavy atom. The molecule has 1 aliphatic rings. The van der Waals surface area contributed by atoms with Crippen LogP contribution < -0.4 is 0 Å². The van der Waals surface area contributed by atoms with Crippen LogP contribution in [0.5, 0.6) is 0 Å². The number of aliphatic hydroxyl groups is 1. The summed E-state index contributed by atoms with van der Waals surface area (Å²) in [5.41, 5.74) is 1.10. The van der Waals surface area contributed by atoms with E-state index in [9.17, 15) is 9.90 Å². The highest BCUT2D eigenvalue weighted by Gasteiger charge is 2.39. The van der Waals surface area contributed by atoms with Crippen molar-refractivity contribution < 1.29 is 9.90 Å². The van der Waals surface area contributed by atoms with Crippen molar-refractivity contribution in [3.05, 3.63) is 54.5 Å². The standard InChI is InChI=1S/C17H18N6O2/c24-16(15-10-14(19-20-15)13-4-2-1-3-5-13)22-8-6-17(25,11-22)12-23-9-7-18-21-23/h1-5,7,9-10,25H,6,8,11-12H2,(H,19,20). The number of amides is 1. The monoisotopic (exact) mass is 338 g/mol. The SMILES string of the molecule is O=C(c1cc(-c2ccccc2)n[nH]1)N1CCC(O)(Cn2ccnn2)C1. The first kappa shape index (κ1) is 15.5. The number of H-pyrrole nitrogens is 1. The van der Waals surface area contributed by atoms with Gasteiger partial charge in [0.1, 0.15) is 11.3 Å². The Balaban J connectivity index is 1.46. The first-order valence-electron chi connectivity index (χ1n) is 8.10. The second-order valence-electron chi connectivity index (χ2n) is 6.33. The molecule has 0 bridgehead atoms. The lowest BCUT2D eigenvalue weighted by Gasteiger charge is -2.22. The van der Waals surface area contributed by atoms with E-state index in [1.54, 1.807) is 28.0 Å². The Bertz CT molecular complexity index is 860. The van der Waals surface area contributed by atoms with Crippen molar-refractivity contribution in [2.45, 2.75) is 18.6 Å². The maximum atomic E-state index is 12.7. The summed E-state index contributed by atoms with van der Waals surface area (Å²) < 4.78 is 1.58. The van der Waals surface area contributed by atoms with E-state index in [1.165, 1.54) is 0 Å². The summed E-state index contributed by atoms with van der Waals surface area (Å²) in [4.78, 5) is 14.3. The van der Waals surface area contributed by atoms with Crippen molar-refractivity contribution in [2.75, 3.05) is 13.1 Å². The molecule has 1 atom stereocenters. The Morgan fingerprint density at radius 3 is 2.92 bits per heavy atom. The zero-order chi connectivity index (χ0) is 17.3. The molecule has 0 radical (unpaired) electrons. The first-order chi connectivity index (χ1) is 12.1. The Morgan fingerprint density at radius 1 is 1.32 bits per heavy atom. The van der Waals surface area contributed by atoms with Crippen LogP contribution in [0.15, 0.2) is 48.8 Å². The van der Waals surface area contributed by atoms with Crippen LogP contribution in [0.4, 0.5) is 0 Å². The van der Waals surface area contributed by atoms with Crippen LogP contribution in [-0.2, 0) is 6.54 Å². The Hall–Kier alpha value is -3.00. The number of hydrogen-bond acceptors (Lipinski definition) is 5. The smallest absolute Gasteiger partial charge is 0.271 e. The topological polar surface area (TPSA) is 99.9 Å². The van der Waals surface area contributed by atoms with E-state index < -0.39 is 5.60 Å². The highest BCUT2D eigenvalue weighted by molar-refractivity contribution is 5.93. The molecule has 1 unspecified atom stereocenters. The van der Waals surface area contributed by atoms with Crippen LogP contribution in [0.25, 0.3) is 11.3 Å². The fourth-order valence-electron chi connectivity index (χ4n) is 3.14. The number of β-amino-alcohol motifs (C(OH)–C–C–N with tert-alkyl or cyclic N) is 1. The molecular weight excluding hydrogens is 320 g/mol. The summed E-state index contributed by atoms with van der Waals surface area (Å²) in [6.45, 7) is 1.06. The van der Waals surface area contributed by atoms with Gasteiger partial charge in [-0.1, -0.05) is 35.5 Å². The first-order valence-corrected chi connectivity index (χ1v) is 8.10. The molecular formula is C17H18N6O2. The molecule has 25 heavy (non-hydrogen) atoms. The Kier molecular flexibility index (Phi) is 3.81. The minimum Gasteiger partial charge on any atom is -0.386 e. The van der Waals surface area contributed by atoms with Gasteiger partial charge in [0.05, 0.1) is 25.0 Å². The molecule has 0 spiro atoms. The molecule has 1 amide bonds. The number of carbonyl (C=O) groups is 1. The van der Waals surface area contributed by atoms with Crippen molar-refractivity contribution in [1.29, 1.82) is 0 Å². The van der Waals surface area contributed by atoms with Crippen LogP contribution in [0.2, 0.25) is 0 Å². The zero-order valence-electron chi connectivity index (χ0n) is 13.5. The second-order valence-corrected chi connectivity index (χ2v) is 6.33. The van der Waals surface area contributed by atoms with E-state index in [0.29, 0.717) is 25.2 Å². The molecule has 8 heteroatoms. The van der Waals surface area contributed by atoms with Gasteiger partial charge in [0.2, 0.25) is 0 Å². The molecule has 8 nitrogen and oxygen atoms in total. The molecule has 1 aliphatic heterocycles. The van der Waals surface area contributed by atoms with Gasteiger partial charge in [-0.2, -0.15) is 5.10 Å². The van der Waals surface area contributed by atoms with Gasteiger partial charge in [-0.15, -0.1) is 5.10 Å². The predicted octanol–water partition coefficient (Wildman–Crippen LogP) is 0.945. The minimum absolute atomic E-state index is 0.163. The third kappa shape index (κ3) is 3.16. The lowest BCUT2D eigenvalue weighted by molar-refractivity contribution is 0.0265. The molecule has 2 N–H and O–H groups in total. The van der Waals surface area contributed by atoms with Gasteiger partial charge in [0, 0.05) is 18.3 Å². The number of carbonyl (C=O) groups excluding carboxylic acids is 1. The van der Waals surface area contributed by atoms with E-state index in [4.69, 9.17) is 0 Å². The van der Waals surface area contributed by atoms with E-state index in [0.717, 1.165) is 11.3 Å². The molecule has 4 rings (SSSR count). The summed E-state index contributed by atoms with van der Waals surface area (Å²) in [6.07, 6.45) is 3.76. The molecule has 0 saturated carbocycles. The number of rotatable bonds is 4. The number of aromatic nitrogens is 5. The molecule has 1 fully saturated rings. The minimum atomic E-state index is -0.994. The maximum absolute atomic E-state index is 12.7. The van der Waals surface area contributed by atoms with E-state index >= 15 is 0 Å².